The summed E-state index contributed by atoms with van der Waals surface area (Å²) >= 11 is 6.94. The molecule has 3 rings (SSSR count). The van der Waals surface area contributed by atoms with E-state index in [-0.39, 0.29) is 5.97 Å². The maximum absolute atomic E-state index is 12.7. The van der Waals surface area contributed by atoms with Crippen molar-refractivity contribution >= 4 is 39.6 Å². The van der Waals surface area contributed by atoms with E-state index in [1.54, 1.807) is 6.92 Å². The minimum absolute atomic E-state index is 0.309. The lowest BCUT2D eigenvalue weighted by atomic mass is 10.0. The van der Waals surface area contributed by atoms with Crippen LogP contribution in [-0.2, 0) is 18.3 Å². The number of nitrogens with zero attached hydrogens (tertiary/aromatic N) is 2. The molecule has 0 aliphatic carbocycles. The highest BCUT2D eigenvalue weighted by Gasteiger charge is 2.24. The van der Waals surface area contributed by atoms with Gasteiger partial charge in [-0.25, -0.2) is 4.79 Å². The topological polar surface area (TPSA) is 68.2 Å². The van der Waals surface area contributed by atoms with Crippen LogP contribution in [-0.4, -0.2) is 27.5 Å². The zero-order chi connectivity index (χ0) is 21.0. The Labute approximate surface area is 179 Å². The number of aromatic nitrogens is 2. The fraction of sp³-hybridized carbons (Fsp3) is 0.286. The minimum Gasteiger partial charge on any atom is -0.462 e. The molecule has 0 fully saturated rings. The first kappa shape index (κ1) is 21.0. The first-order valence-corrected chi connectivity index (χ1v) is 10.5. The molecule has 3 aromatic rings. The molecule has 0 saturated heterocycles. The van der Waals surface area contributed by atoms with E-state index in [0.29, 0.717) is 28.8 Å². The normalized spacial score (nSPS) is 10.6. The van der Waals surface area contributed by atoms with Crippen molar-refractivity contribution < 1.29 is 9.53 Å². The fourth-order valence-electron chi connectivity index (χ4n) is 3.02. The number of carbonyl (C=O) groups is 1. The molecule has 1 aromatic carbocycles. The summed E-state index contributed by atoms with van der Waals surface area (Å²) in [4.78, 5) is 13.8. The van der Waals surface area contributed by atoms with Crippen LogP contribution < -0.4 is 10.6 Å². The molecule has 29 heavy (non-hydrogen) atoms. The number of anilines is 1. The van der Waals surface area contributed by atoms with E-state index in [9.17, 15) is 4.79 Å². The molecule has 0 bridgehead atoms. The molecule has 2 N–H and O–H groups in total. The molecule has 0 spiro atoms. The lowest BCUT2D eigenvalue weighted by Crippen LogP contribution is -2.28. The molecule has 0 unspecified atom stereocenters. The zero-order valence-corrected chi connectivity index (χ0v) is 18.5. The van der Waals surface area contributed by atoms with Crippen molar-refractivity contribution in [3.05, 3.63) is 58.2 Å². The van der Waals surface area contributed by atoms with E-state index in [4.69, 9.17) is 17.0 Å². The number of thiocarbonyl (C=S) groups is 1. The smallest absolute Gasteiger partial charge is 0.341 e. The Hall–Kier alpha value is -2.71. The third-order valence-electron chi connectivity index (χ3n) is 4.45. The van der Waals surface area contributed by atoms with Crippen molar-refractivity contribution in [2.24, 2.45) is 7.05 Å². The molecule has 2 heterocycles. The number of aryl methyl sites for hydroxylation is 3. The summed E-state index contributed by atoms with van der Waals surface area (Å²) in [6, 6.07) is 11.8. The van der Waals surface area contributed by atoms with Crippen LogP contribution in [0.15, 0.2) is 36.4 Å². The summed E-state index contributed by atoms with van der Waals surface area (Å²) < 4.78 is 7.14. The van der Waals surface area contributed by atoms with Crippen LogP contribution in [0.1, 0.15) is 33.5 Å². The highest BCUT2D eigenvalue weighted by molar-refractivity contribution is 7.80. The van der Waals surface area contributed by atoms with Gasteiger partial charge in [0.25, 0.3) is 0 Å². The highest BCUT2D eigenvalue weighted by Crippen LogP contribution is 2.40. The SMILES string of the molecule is CCOC(=O)c1c(NC(=S)NCc2cc(C)n(C)n2)sc(C)c1-c1ccccc1. The van der Waals surface area contributed by atoms with E-state index in [0.717, 1.165) is 27.4 Å². The Kier molecular flexibility index (Phi) is 6.66. The van der Waals surface area contributed by atoms with Gasteiger partial charge in [0, 0.05) is 23.2 Å². The average molecular weight is 429 g/mol. The third-order valence-corrected chi connectivity index (χ3v) is 5.71. The van der Waals surface area contributed by atoms with Gasteiger partial charge in [-0.3, -0.25) is 4.68 Å². The van der Waals surface area contributed by atoms with Crippen LogP contribution in [0.4, 0.5) is 5.00 Å². The van der Waals surface area contributed by atoms with Gasteiger partial charge in [-0.05, 0) is 44.6 Å². The summed E-state index contributed by atoms with van der Waals surface area (Å²) in [5.74, 6) is -0.360. The van der Waals surface area contributed by atoms with Crippen LogP contribution >= 0.6 is 23.6 Å². The van der Waals surface area contributed by atoms with Gasteiger partial charge in [0.05, 0.1) is 18.8 Å². The van der Waals surface area contributed by atoms with Crippen LogP contribution in [0.25, 0.3) is 11.1 Å². The van der Waals surface area contributed by atoms with Gasteiger partial charge < -0.3 is 15.4 Å². The Morgan fingerprint density at radius 2 is 2.00 bits per heavy atom. The molecule has 0 saturated carbocycles. The quantitative estimate of drug-likeness (QED) is 0.447. The molecule has 0 amide bonds. The van der Waals surface area contributed by atoms with Gasteiger partial charge in [-0.2, -0.15) is 5.10 Å². The number of nitrogens with one attached hydrogen (secondary N) is 2. The molecule has 0 radical (unpaired) electrons. The first-order chi connectivity index (χ1) is 13.9. The van der Waals surface area contributed by atoms with Gasteiger partial charge in [0.15, 0.2) is 5.11 Å². The van der Waals surface area contributed by atoms with Crippen molar-refractivity contribution in [3.63, 3.8) is 0 Å². The monoisotopic (exact) mass is 428 g/mol. The fourth-order valence-corrected chi connectivity index (χ4v) is 4.33. The standard InChI is InChI=1S/C21H24N4O2S2/c1-5-27-20(26)18-17(15-9-7-6-8-10-15)14(3)29-19(18)23-21(28)22-12-16-11-13(2)25(4)24-16/h6-11H,5,12H2,1-4H3,(H2,22,23,28). The number of benzene rings is 1. The summed E-state index contributed by atoms with van der Waals surface area (Å²) in [5, 5.41) is 11.8. The van der Waals surface area contributed by atoms with Crippen LogP contribution in [0.5, 0.6) is 0 Å². The van der Waals surface area contributed by atoms with Crippen LogP contribution in [0.2, 0.25) is 0 Å². The number of rotatable bonds is 6. The lowest BCUT2D eigenvalue weighted by Gasteiger charge is -2.11. The molecular weight excluding hydrogens is 404 g/mol. The van der Waals surface area contributed by atoms with Crippen molar-refractivity contribution in [1.82, 2.24) is 15.1 Å². The third kappa shape index (κ3) is 4.83. The number of carbonyl (C=O) groups excluding carboxylic acids is 1. The Morgan fingerprint density at radius 1 is 1.28 bits per heavy atom. The number of esters is 1. The maximum atomic E-state index is 12.7. The molecule has 2 aromatic heterocycles. The van der Waals surface area contributed by atoms with E-state index in [1.165, 1.54) is 11.3 Å². The maximum Gasteiger partial charge on any atom is 0.341 e. The van der Waals surface area contributed by atoms with Crippen LogP contribution in [0, 0.1) is 13.8 Å². The number of hydrogen-bond donors (Lipinski definition) is 2. The van der Waals surface area contributed by atoms with Gasteiger partial charge in [0.2, 0.25) is 0 Å². The molecule has 6 nitrogen and oxygen atoms in total. The Balaban J connectivity index is 1.84. The first-order valence-electron chi connectivity index (χ1n) is 9.31. The zero-order valence-electron chi connectivity index (χ0n) is 16.9. The second kappa shape index (κ2) is 9.19. The Morgan fingerprint density at radius 3 is 2.62 bits per heavy atom. The molecule has 8 heteroatoms. The summed E-state index contributed by atoms with van der Waals surface area (Å²) in [6.07, 6.45) is 0. The minimum atomic E-state index is -0.360. The molecular formula is C21H24N4O2S2. The van der Waals surface area contributed by atoms with Gasteiger partial charge in [-0.15, -0.1) is 11.3 Å². The molecule has 0 aliphatic heterocycles. The second-order valence-corrected chi connectivity index (χ2v) is 8.17. The average Bonchev–Trinajstić information content (AvgIpc) is 3.19. The molecule has 0 atom stereocenters. The predicted octanol–water partition coefficient (Wildman–Crippen LogP) is 4.43. The van der Waals surface area contributed by atoms with Gasteiger partial charge in [0.1, 0.15) is 10.6 Å². The van der Waals surface area contributed by atoms with E-state index >= 15 is 0 Å². The number of ether oxygens (including phenoxy) is 1. The van der Waals surface area contributed by atoms with Crippen molar-refractivity contribution in [3.8, 4) is 11.1 Å². The van der Waals surface area contributed by atoms with E-state index in [1.807, 2.05) is 62.0 Å². The van der Waals surface area contributed by atoms with Crippen LogP contribution in [0.3, 0.4) is 0 Å². The predicted molar refractivity (Wildman–Crippen MR) is 121 cm³/mol. The second-order valence-electron chi connectivity index (χ2n) is 6.53. The molecule has 152 valence electrons. The van der Waals surface area contributed by atoms with E-state index in [2.05, 4.69) is 15.7 Å². The van der Waals surface area contributed by atoms with Crippen molar-refractivity contribution in [1.29, 1.82) is 0 Å². The van der Waals surface area contributed by atoms with Gasteiger partial charge >= 0.3 is 5.97 Å². The summed E-state index contributed by atoms with van der Waals surface area (Å²) in [7, 11) is 1.90. The lowest BCUT2D eigenvalue weighted by molar-refractivity contribution is 0.0529. The van der Waals surface area contributed by atoms with Gasteiger partial charge in [-0.1, -0.05) is 30.3 Å². The summed E-state index contributed by atoms with van der Waals surface area (Å²) in [6.45, 7) is 6.60. The number of thiophene rings is 1. The van der Waals surface area contributed by atoms with Crippen molar-refractivity contribution in [2.75, 3.05) is 11.9 Å². The number of hydrogen-bond acceptors (Lipinski definition) is 5. The largest absolute Gasteiger partial charge is 0.462 e. The van der Waals surface area contributed by atoms with E-state index < -0.39 is 0 Å². The summed E-state index contributed by atoms with van der Waals surface area (Å²) in [5.41, 5.74) is 4.33. The molecule has 0 aliphatic rings. The Bertz CT molecular complexity index is 1010. The van der Waals surface area contributed by atoms with Crippen molar-refractivity contribution in [2.45, 2.75) is 27.3 Å². The highest BCUT2D eigenvalue weighted by atomic mass is 32.1.